The van der Waals surface area contributed by atoms with Crippen molar-refractivity contribution in [3.05, 3.63) is 65.9 Å². The van der Waals surface area contributed by atoms with Gasteiger partial charge in [0.15, 0.2) is 0 Å². The molecule has 27 heavy (non-hydrogen) atoms. The Labute approximate surface area is 155 Å². The predicted molar refractivity (Wildman–Crippen MR) is 98.4 cm³/mol. The number of carbonyl (C=O) groups is 2. The predicted octanol–water partition coefficient (Wildman–Crippen LogP) is 2.91. The van der Waals surface area contributed by atoms with Crippen molar-refractivity contribution >= 4 is 22.8 Å². The zero-order valence-corrected chi connectivity index (χ0v) is 14.8. The first-order chi connectivity index (χ1) is 13.1. The van der Waals surface area contributed by atoms with Gasteiger partial charge >= 0.3 is 5.97 Å². The average molecular weight is 362 g/mol. The van der Waals surface area contributed by atoms with Crippen molar-refractivity contribution in [2.24, 2.45) is 0 Å². The fourth-order valence-electron chi connectivity index (χ4n) is 4.06. The summed E-state index contributed by atoms with van der Waals surface area (Å²) in [6.07, 6.45) is 2.31. The van der Waals surface area contributed by atoms with Crippen LogP contribution in [-0.4, -0.2) is 35.0 Å². The number of carbonyl (C=O) groups excluding carboxylic acids is 2. The molecule has 0 radical (unpaired) electrons. The van der Waals surface area contributed by atoms with Crippen LogP contribution in [0, 0.1) is 0 Å². The van der Waals surface area contributed by atoms with E-state index in [0.29, 0.717) is 24.3 Å². The molecule has 0 unspecified atom stereocenters. The Hall–Kier alpha value is -3.28. The lowest BCUT2D eigenvalue weighted by Crippen LogP contribution is -2.68. The van der Waals surface area contributed by atoms with Crippen LogP contribution in [-0.2, 0) is 21.8 Å². The van der Waals surface area contributed by atoms with Crippen molar-refractivity contribution < 1.29 is 19.1 Å². The number of esters is 1. The van der Waals surface area contributed by atoms with Crippen molar-refractivity contribution in [2.75, 3.05) is 13.7 Å². The summed E-state index contributed by atoms with van der Waals surface area (Å²) in [6.45, 7) is 0.724. The fourth-order valence-corrected chi connectivity index (χ4v) is 4.06. The molecule has 1 amide bonds. The molecule has 1 atom stereocenters. The van der Waals surface area contributed by atoms with Gasteiger partial charge in [0.05, 0.1) is 18.2 Å². The second-order valence-corrected chi connectivity index (χ2v) is 6.88. The molecule has 6 heteroatoms. The number of methoxy groups -OCH3 is 1. The van der Waals surface area contributed by atoms with Gasteiger partial charge in [-0.05, 0) is 23.8 Å². The quantitative estimate of drug-likeness (QED) is 0.670. The minimum atomic E-state index is -1.09. The van der Waals surface area contributed by atoms with E-state index in [2.05, 4.69) is 0 Å². The molecule has 136 valence electrons. The Bertz CT molecular complexity index is 1070. The lowest BCUT2D eigenvalue weighted by atomic mass is 9.91. The van der Waals surface area contributed by atoms with Crippen LogP contribution in [0.1, 0.15) is 22.3 Å². The Morgan fingerprint density at radius 2 is 2.00 bits per heavy atom. The summed E-state index contributed by atoms with van der Waals surface area (Å²) in [6, 6.07) is 15.1. The van der Waals surface area contributed by atoms with Gasteiger partial charge in [0.25, 0.3) is 5.91 Å². The second-order valence-electron chi connectivity index (χ2n) is 6.88. The van der Waals surface area contributed by atoms with Gasteiger partial charge < -0.3 is 18.9 Å². The van der Waals surface area contributed by atoms with Gasteiger partial charge in [-0.1, -0.05) is 30.3 Å². The highest BCUT2D eigenvalue weighted by molar-refractivity contribution is 6.11. The third kappa shape index (κ3) is 2.07. The Morgan fingerprint density at radius 1 is 1.19 bits per heavy atom. The van der Waals surface area contributed by atoms with E-state index in [-0.39, 0.29) is 12.5 Å². The fraction of sp³-hybridized carbons (Fsp3) is 0.238. The summed E-state index contributed by atoms with van der Waals surface area (Å²) >= 11 is 0. The molecule has 2 aliphatic heterocycles. The summed E-state index contributed by atoms with van der Waals surface area (Å²) in [5.41, 5.74) is 1.25. The summed E-state index contributed by atoms with van der Waals surface area (Å²) in [4.78, 5) is 27.7. The van der Waals surface area contributed by atoms with E-state index in [1.165, 1.54) is 0 Å². The lowest BCUT2D eigenvalue weighted by molar-refractivity contribution is -0.177. The molecule has 0 spiro atoms. The zero-order chi connectivity index (χ0) is 18.6. The van der Waals surface area contributed by atoms with Crippen molar-refractivity contribution in [3.63, 3.8) is 0 Å². The van der Waals surface area contributed by atoms with E-state index >= 15 is 0 Å². The summed E-state index contributed by atoms with van der Waals surface area (Å²) < 4.78 is 12.8. The molecule has 1 aromatic heterocycles. The van der Waals surface area contributed by atoms with Crippen molar-refractivity contribution in [1.82, 2.24) is 9.47 Å². The first kappa shape index (κ1) is 15.9. The van der Waals surface area contributed by atoms with Gasteiger partial charge in [-0.25, -0.2) is 4.79 Å². The van der Waals surface area contributed by atoms with E-state index in [9.17, 15) is 9.59 Å². The van der Waals surface area contributed by atoms with E-state index in [4.69, 9.17) is 9.47 Å². The van der Waals surface area contributed by atoms with E-state index in [0.717, 1.165) is 16.5 Å². The number of amides is 1. The average Bonchev–Trinajstić information content (AvgIpc) is 3.03. The summed E-state index contributed by atoms with van der Waals surface area (Å²) in [5, 5.41) is 0.795. The van der Waals surface area contributed by atoms with Gasteiger partial charge in [0.1, 0.15) is 12.4 Å². The molecule has 0 N–H and O–H groups in total. The molecule has 1 fully saturated rings. The van der Waals surface area contributed by atoms with Gasteiger partial charge in [-0.15, -0.1) is 0 Å². The molecule has 2 bridgehead atoms. The smallest absolute Gasteiger partial charge is 0.354 e. The Morgan fingerprint density at radius 3 is 2.70 bits per heavy atom. The van der Waals surface area contributed by atoms with Crippen LogP contribution in [0.5, 0.6) is 5.75 Å². The van der Waals surface area contributed by atoms with Gasteiger partial charge in [-0.3, -0.25) is 4.79 Å². The Kier molecular flexibility index (Phi) is 3.31. The number of hydrogen-bond acceptors (Lipinski definition) is 4. The zero-order valence-electron chi connectivity index (χ0n) is 14.8. The highest BCUT2D eigenvalue weighted by atomic mass is 16.5. The van der Waals surface area contributed by atoms with Crippen LogP contribution in [0.4, 0.5) is 0 Å². The van der Waals surface area contributed by atoms with Crippen LogP contribution in [0.2, 0.25) is 0 Å². The molecule has 2 aliphatic rings. The summed E-state index contributed by atoms with van der Waals surface area (Å²) in [7, 11) is 1.59. The van der Waals surface area contributed by atoms with E-state index in [1.54, 1.807) is 18.2 Å². The third-order valence-corrected chi connectivity index (χ3v) is 5.56. The second kappa shape index (κ2) is 5.61. The third-order valence-electron chi connectivity index (χ3n) is 5.56. The lowest BCUT2D eigenvalue weighted by Gasteiger charge is -2.52. The molecule has 0 aliphatic carbocycles. The van der Waals surface area contributed by atoms with Gasteiger partial charge in [0, 0.05) is 24.5 Å². The number of fused-ring (bicyclic) bond motifs is 7. The molecule has 3 aromatic rings. The van der Waals surface area contributed by atoms with Crippen LogP contribution >= 0.6 is 0 Å². The van der Waals surface area contributed by atoms with Crippen LogP contribution in [0.15, 0.2) is 54.7 Å². The number of ether oxygens (including phenoxy) is 2. The molecule has 0 saturated carbocycles. The Balaban J connectivity index is 1.56. The first-order valence-electron chi connectivity index (χ1n) is 8.88. The molecular formula is C21H18N2O4. The highest BCUT2D eigenvalue weighted by Gasteiger charge is 2.59. The number of benzene rings is 2. The van der Waals surface area contributed by atoms with E-state index < -0.39 is 11.6 Å². The highest BCUT2D eigenvalue weighted by Crippen LogP contribution is 2.46. The number of rotatable bonds is 4. The van der Waals surface area contributed by atoms with Crippen LogP contribution in [0.25, 0.3) is 10.9 Å². The maximum absolute atomic E-state index is 13.1. The normalized spacial score (nSPS) is 20.2. The number of aromatic nitrogens is 1. The van der Waals surface area contributed by atoms with Crippen molar-refractivity contribution in [2.45, 2.75) is 18.7 Å². The number of hydrogen-bond donors (Lipinski definition) is 0. The standard InChI is InChI=1S/C21H18N2O4/c1-26-15-7-8-18-16(11-15)17-12-23(18)21(9-10-22(21)19(17)24)20(25)27-13-14-5-3-2-4-6-14/h2-8,11-12H,9-10,13H2,1H3/t21-/m1/s1. The molecule has 1 saturated heterocycles. The maximum Gasteiger partial charge on any atom is 0.354 e. The van der Waals surface area contributed by atoms with Crippen LogP contribution < -0.4 is 4.74 Å². The minimum Gasteiger partial charge on any atom is -0.497 e. The molecule has 3 heterocycles. The maximum atomic E-state index is 13.1. The van der Waals surface area contributed by atoms with Crippen molar-refractivity contribution in [1.29, 1.82) is 0 Å². The van der Waals surface area contributed by atoms with Gasteiger partial charge in [-0.2, -0.15) is 0 Å². The topological polar surface area (TPSA) is 60.8 Å². The molecular weight excluding hydrogens is 344 g/mol. The largest absolute Gasteiger partial charge is 0.497 e. The monoisotopic (exact) mass is 362 g/mol. The van der Waals surface area contributed by atoms with Crippen LogP contribution in [0.3, 0.4) is 0 Å². The number of nitrogens with zero attached hydrogens (tertiary/aromatic N) is 2. The van der Waals surface area contributed by atoms with Crippen molar-refractivity contribution in [3.8, 4) is 5.75 Å². The molecule has 5 rings (SSSR count). The minimum absolute atomic E-state index is 0.138. The molecule has 2 aromatic carbocycles. The molecule has 6 nitrogen and oxygen atoms in total. The van der Waals surface area contributed by atoms with E-state index in [1.807, 2.05) is 53.1 Å². The first-order valence-corrected chi connectivity index (χ1v) is 8.88. The SMILES string of the molecule is COc1ccc2c(c1)c1cn2[C@@]2(C(=O)OCc3ccccc3)CCN2C1=O. The summed E-state index contributed by atoms with van der Waals surface area (Å²) in [5.74, 6) is 0.144. The van der Waals surface area contributed by atoms with Gasteiger partial charge in [0.2, 0.25) is 5.66 Å².